The van der Waals surface area contributed by atoms with Crippen molar-refractivity contribution in [1.29, 1.82) is 0 Å². The lowest BCUT2D eigenvalue weighted by atomic mass is 10.1. The van der Waals surface area contributed by atoms with E-state index in [2.05, 4.69) is 16.0 Å². The van der Waals surface area contributed by atoms with E-state index in [4.69, 9.17) is 26.4 Å². The predicted octanol–water partition coefficient (Wildman–Crippen LogP) is 2.30. The van der Waals surface area contributed by atoms with Crippen molar-refractivity contribution in [3.63, 3.8) is 0 Å². The predicted molar refractivity (Wildman–Crippen MR) is 118 cm³/mol. The van der Waals surface area contributed by atoms with Crippen LogP contribution in [-0.2, 0) is 4.79 Å². The summed E-state index contributed by atoms with van der Waals surface area (Å²) in [6.45, 7) is 3.68. The molecule has 0 aliphatic heterocycles. The second kappa shape index (κ2) is 10.6. The van der Waals surface area contributed by atoms with E-state index >= 15 is 0 Å². The molecule has 1 aliphatic rings. The number of rotatable bonds is 7. The van der Waals surface area contributed by atoms with Crippen LogP contribution >= 0.6 is 12.2 Å². The summed E-state index contributed by atoms with van der Waals surface area (Å²) in [6.07, 6.45) is 6.32. The van der Waals surface area contributed by atoms with Crippen LogP contribution in [0.4, 0.5) is 0 Å². The third-order valence-corrected chi connectivity index (χ3v) is 4.54. The van der Waals surface area contributed by atoms with Gasteiger partial charge in [-0.25, -0.2) is 0 Å². The molecular formula is C21H27N3O5S. The first-order valence-electron chi connectivity index (χ1n) is 9.40. The fourth-order valence-electron chi connectivity index (χ4n) is 2.77. The molecule has 0 bridgehead atoms. The number of allylic oxidation sites excluding steroid dienone is 1. The molecule has 0 fully saturated rings. The Hall–Kier alpha value is -3.07. The molecule has 0 spiro atoms. The zero-order chi connectivity index (χ0) is 22.3. The van der Waals surface area contributed by atoms with E-state index in [0.29, 0.717) is 34.9 Å². The number of carbonyl (C=O) groups is 2. The third-order valence-electron chi connectivity index (χ3n) is 4.33. The zero-order valence-electron chi connectivity index (χ0n) is 17.7. The Labute approximate surface area is 181 Å². The van der Waals surface area contributed by atoms with Gasteiger partial charge in [0.25, 0.3) is 5.91 Å². The van der Waals surface area contributed by atoms with E-state index in [9.17, 15) is 9.59 Å². The Morgan fingerprint density at radius 3 is 2.27 bits per heavy atom. The van der Waals surface area contributed by atoms with Gasteiger partial charge in [-0.2, -0.15) is 0 Å². The molecule has 0 saturated heterocycles. The highest BCUT2D eigenvalue weighted by Crippen LogP contribution is 2.38. The van der Waals surface area contributed by atoms with Crippen LogP contribution in [0.25, 0.3) is 0 Å². The van der Waals surface area contributed by atoms with Crippen molar-refractivity contribution in [1.82, 2.24) is 16.0 Å². The summed E-state index contributed by atoms with van der Waals surface area (Å²) < 4.78 is 15.8. The van der Waals surface area contributed by atoms with Crippen LogP contribution in [0.1, 0.15) is 30.6 Å². The quantitative estimate of drug-likeness (QED) is 0.568. The normalized spacial score (nSPS) is 15.1. The van der Waals surface area contributed by atoms with Crippen LogP contribution in [-0.4, -0.2) is 44.3 Å². The van der Waals surface area contributed by atoms with E-state index < -0.39 is 5.91 Å². The number of thiocarbonyl (C=S) groups is 1. The molecule has 1 aromatic rings. The molecule has 1 unspecified atom stereocenters. The molecule has 3 N–H and O–H groups in total. The van der Waals surface area contributed by atoms with Crippen molar-refractivity contribution in [3.8, 4) is 17.2 Å². The minimum Gasteiger partial charge on any atom is -0.493 e. The van der Waals surface area contributed by atoms with Gasteiger partial charge in [0, 0.05) is 17.2 Å². The van der Waals surface area contributed by atoms with Gasteiger partial charge in [-0.1, -0.05) is 19.9 Å². The van der Waals surface area contributed by atoms with E-state index in [1.54, 1.807) is 0 Å². The van der Waals surface area contributed by atoms with Crippen LogP contribution in [0.5, 0.6) is 17.2 Å². The summed E-state index contributed by atoms with van der Waals surface area (Å²) in [5.41, 5.74) is 0.981. The van der Waals surface area contributed by atoms with E-state index in [1.165, 1.54) is 33.5 Å². The van der Waals surface area contributed by atoms with Gasteiger partial charge in [0.05, 0.1) is 27.4 Å². The van der Waals surface area contributed by atoms with Gasteiger partial charge in [-0.05, 0) is 42.9 Å². The Morgan fingerprint density at radius 2 is 1.73 bits per heavy atom. The van der Waals surface area contributed by atoms with Gasteiger partial charge in [-0.3, -0.25) is 14.9 Å². The average Bonchev–Trinajstić information content (AvgIpc) is 2.72. The number of hydrogen-bond donors (Lipinski definition) is 3. The molecule has 9 heteroatoms. The minimum atomic E-state index is -0.434. The molecule has 8 nitrogen and oxygen atoms in total. The van der Waals surface area contributed by atoms with Crippen molar-refractivity contribution in [2.75, 3.05) is 21.3 Å². The number of benzene rings is 1. The fraction of sp³-hybridized carbons (Fsp3) is 0.381. The maximum absolute atomic E-state index is 12.6. The van der Waals surface area contributed by atoms with Gasteiger partial charge < -0.3 is 24.8 Å². The Kier molecular flexibility index (Phi) is 8.23. The van der Waals surface area contributed by atoms with Crippen molar-refractivity contribution in [2.24, 2.45) is 5.92 Å². The number of ether oxygens (including phenoxy) is 3. The highest BCUT2D eigenvalue weighted by Gasteiger charge is 2.19. The third kappa shape index (κ3) is 5.96. The van der Waals surface area contributed by atoms with E-state index in [0.717, 1.165) is 0 Å². The Bertz CT molecular complexity index is 854. The molecular weight excluding hydrogens is 406 g/mol. The standard InChI is InChI=1S/C21H27N3O5S/c1-12(2)19(25)22-14-7-6-8-15(11-14)23-21(30)24-20(26)13-9-16(27-3)18(29-5)17(10-13)28-4/h6,8-12,14H,7H2,1-5H3,(H,22,25)(H2,23,24,26,30). The molecule has 0 radical (unpaired) electrons. The van der Waals surface area contributed by atoms with Crippen LogP contribution in [0.15, 0.2) is 36.1 Å². The molecule has 0 aromatic heterocycles. The highest BCUT2D eigenvalue weighted by molar-refractivity contribution is 7.80. The topological polar surface area (TPSA) is 97.9 Å². The van der Waals surface area contributed by atoms with E-state index in [1.807, 2.05) is 32.1 Å². The Balaban J connectivity index is 2.06. The van der Waals surface area contributed by atoms with Gasteiger partial charge in [0.1, 0.15) is 0 Å². The van der Waals surface area contributed by atoms with E-state index in [-0.39, 0.29) is 23.0 Å². The van der Waals surface area contributed by atoms with Crippen LogP contribution in [0, 0.1) is 5.92 Å². The lowest BCUT2D eigenvalue weighted by molar-refractivity contribution is -0.124. The lowest BCUT2D eigenvalue weighted by Gasteiger charge is -2.20. The van der Waals surface area contributed by atoms with Crippen LogP contribution in [0.3, 0.4) is 0 Å². The van der Waals surface area contributed by atoms with Crippen molar-refractivity contribution < 1.29 is 23.8 Å². The molecule has 0 saturated carbocycles. The molecule has 1 aromatic carbocycles. The van der Waals surface area contributed by atoms with Gasteiger partial charge in [0.2, 0.25) is 11.7 Å². The average molecular weight is 434 g/mol. The maximum Gasteiger partial charge on any atom is 0.257 e. The molecule has 30 heavy (non-hydrogen) atoms. The zero-order valence-corrected chi connectivity index (χ0v) is 18.5. The number of amides is 2. The van der Waals surface area contributed by atoms with Gasteiger partial charge in [0.15, 0.2) is 16.6 Å². The smallest absolute Gasteiger partial charge is 0.257 e. The fourth-order valence-corrected chi connectivity index (χ4v) is 2.98. The summed E-state index contributed by atoms with van der Waals surface area (Å²) in [6, 6.07) is 2.94. The summed E-state index contributed by atoms with van der Waals surface area (Å²) in [7, 11) is 4.44. The minimum absolute atomic E-state index is 0.0239. The lowest BCUT2D eigenvalue weighted by Crippen LogP contribution is -2.41. The summed E-state index contributed by atoms with van der Waals surface area (Å²) in [5.74, 6) is 0.565. The number of nitrogens with one attached hydrogen (secondary N) is 3. The SMILES string of the molecule is COc1cc(C(=O)NC(=S)NC2=CC(NC(=O)C(C)C)CC=C2)cc(OC)c1OC. The largest absolute Gasteiger partial charge is 0.493 e. The van der Waals surface area contributed by atoms with Gasteiger partial charge >= 0.3 is 0 Å². The number of methoxy groups -OCH3 is 3. The molecule has 2 amide bonds. The second-order valence-corrected chi connectivity index (χ2v) is 7.26. The molecule has 162 valence electrons. The summed E-state index contributed by atoms with van der Waals surface area (Å²) in [5, 5.41) is 8.66. The molecule has 1 atom stereocenters. The van der Waals surface area contributed by atoms with Gasteiger partial charge in [-0.15, -0.1) is 0 Å². The van der Waals surface area contributed by atoms with Crippen molar-refractivity contribution >= 4 is 29.1 Å². The Morgan fingerprint density at radius 1 is 1.10 bits per heavy atom. The van der Waals surface area contributed by atoms with Crippen molar-refractivity contribution in [3.05, 3.63) is 41.6 Å². The molecule has 1 aliphatic carbocycles. The first kappa shape index (κ1) is 23.2. The first-order valence-corrected chi connectivity index (χ1v) is 9.81. The maximum atomic E-state index is 12.6. The highest BCUT2D eigenvalue weighted by atomic mass is 32.1. The molecule has 2 rings (SSSR count). The van der Waals surface area contributed by atoms with Crippen molar-refractivity contribution in [2.45, 2.75) is 26.3 Å². The summed E-state index contributed by atoms with van der Waals surface area (Å²) in [4.78, 5) is 24.5. The molecule has 0 heterocycles. The second-order valence-electron chi connectivity index (χ2n) is 6.85. The van der Waals surface area contributed by atoms with Crippen LogP contribution < -0.4 is 30.2 Å². The monoisotopic (exact) mass is 433 g/mol. The first-order chi connectivity index (χ1) is 14.3. The number of carbonyl (C=O) groups excluding carboxylic acids is 2. The summed E-state index contributed by atoms with van der Waals surface area (Å²) >= 11 is 5.26. The van der Waals surface area contributed by atoms with Crippen LogP contribution in [0.2, 0.25) is 0 Å². The number of hydrogen-bond acceptors (Lipinski definition) is 6.